The van der Waals surface area contributed by atoms with Gasteiger partial charge in [0, 0.05) is 0 Å². The monoisotopic (exact) mass is 216 g/mol. The average molecular weight is 216 g/mol. The van der Waals surface area contributed by atoms with Crippen LogP contribution in [0.4, 0.5) is 0 Å². The Morgan fingerprint density at radius 1 is 1.50 bits per heavy atom. The molecule has 1 nitrogen and oxygen atoms in total. The summed E-state index contributed by atoms with van der Waals surface area (Å²) in [4.78, 5) is 0. The fraction of sp³-hybridized carbons (Fsp3) is 0.467. The third kappa shape index (κ3) is 1.64. The van der Waals surface area contributed by atoms with Gasteiger partial charge in [0.2, 0.25) is 0 Å². The molecule has 1 aliphatic rings. The molecule has 1 aromatic carbocycles. The van der Waals surface area contributed by atoms with Gasteiger partial charge < -0.3 is 5.11 Å². The summed E-state index contributed by atoms with van der Waals surface area (Å²) in [6, 6.07) is 1.88. The highest BCUT2D eigenvalue weighted by Gasteiger charge is 2.23. The molecule has 0 aromatic heterocycles. The highest BCUT2D eigenvalue weighted by molar-refractivity contribution is 5.69. The predicted molar refractivity (Wildman–Crippen MR) is 68.9 cm³/mol. The van der Waals surface area contributed by atoms with Crippen molar-refractivity contribution in [3.8, 4) is 5.75 Å². The van der Waals surface area contributed by atoms with Gasteiger partial charge in [-0.05, 0) is 67.3 Å². The van der Waals surface area contributed by atoms with Crippen LogP contribution in [0.3, 0.4) is 0 Å². The third-order valence-corrected chi connectivity index (χ3v) is 3.74. The SMILES string of the molecule is C=C(C)c1cc(O)c2c(c1C)[C@@H](C)CCC2. The first kappa shape index (κ1) is 11.3. The molecule has 1 heteroatoms. The quantitative estimate of drug-likeness (QED) is 0.747. The van der Waals surface area contributed by atoms with Crippen LogP contribution in [0.15, 0.2) is 12.6 Å². The molecule has 0 fully saturated rings. The second kappa shape index (κ2) is 3.97. The van der Waals surface area contributed by atoms with Crippen LogP contribution in [0.5, 0.6) is 5.75 Å². The van der Waals surface area contributed by atoms with Crippen LogP contribution in [0.1, 0.15) is 54.9 Å². The topological polar surface area (TPSA) is 20.2 Å². The van der Waals surface area contributed by atoms with E-state index in [1.165, 1.54) is 29.5 Å². The average Bonchev–Trinajstić information content (AvgIpc) is 2.22. The van der Waals surface area contributed by atoms with E-state index in [2.05, 4.69) is 20.4 Å². The Morgan fingerprint density at radius 2 is 2.19 bits per heavy atom. The van der Waals surface area contributed by atoms with Crippen molar-refractivity contribution in [3.63, 3.8) is 0 Å². The Labute approximate surface area is 97.8 Å². The van der Waals surface area contributed by atoms with Crippen LogP contribution < -0.4 is 0 Å². The zero-order chi connectivity index (χ0) is 11.9. The zero-order valence-corrected chi connectivity index (χ0v) is 10.4. The van der Waals surface area contributed by atoms with Crippen LogP contribution >= 0.6 is 0 Å². The molecule has 0 heterocycles. The summed E-state index contributed by atoms with van der Waals surface area (Å²) in [5, 5.41) is 10.1. The summed E-state index contributed by atoms with van der Waals surface area (Å²) in [6.45, 7) is 10.4. The lowest BCUT2D eigenvalue weighted by Gasteiger charge is -2.27. The molecular formula is C15H20O. The number of allylic oxidation sites excluding steroid dienone is 1. The molecule has 1 aliphatic carbocycles. The van der Waals surface area contributed by atoms with Gasteiger partial charge >= 0.3 is 0 Å². The number of fused-ring (bicyclic) bond motifs is 1. The Bertz CT molecular complexity index is 443. The summed E-state index contributed by atoms with van der Waals surface area (Å²) in [5.74, 6) is 1.03. The van der Waals surface area contributed by atoms with Gasteiger partial charge in [-0.2, -0.15) is 0 Å². The first-order chi connectivity index (χ1) is 7.52. The molecule has 0 saturated carbocycles. The highest BCUT2D eigenvalue weighted by atomic mass is 16.3. The van der Waals surface area contributed by atoms with Crippen molar-refractivity contribution in [2.45, 2.75) is 46.0 Å². The van der Waals surface area contributed by atoms with Crippen molar-refractivity contribution < 1.29 is 5.11 Å². The van der Waals surface area contributed by atoms with Crippen molar-refractivity contribution >= 4 is 5.57 Å². The van der Waals surface area contributed by atoms with E-state index in [1.807, 2.05) is 13.0 Å². The molecule has 86 valence electrons. The first-order valence-electron chi connectivity index (χ1n) is 6.03. The van der Waals surface area contributed by atoms with E-state index in [9.17, 15) is 5.11 Å². The molecule has 16 heavy (non-hydrogen) atoms. The molecule has 0 radical (unpaired) electrons. The van der Waals surface area contributed by atoms with E-state index in [0.29, 0.717) is 11.7 Å². The van der Waals surface area contributed by atoms with Gasteiger partial charge in [0.25, 0.3) is 0 Å². The Morgan fingerprint density at radius 3 is 2.81 bits per heavy atom. The van der Waals surface area contributed by atoms with Crippen molar-refractivity contribution in [2.75, 3.05) is 0 Å². The maximum absolute atomic E-state index is 10.1. The smallest absolute Gasteiger partial charge is 0.119 e. The van der Waals surface area contributed by atoms with Gasteiger partial charge in [-0.1, -0.05) is 19.1 Å². The van der Waals surface area contributed by atoms with Gasteiger partial charge in [0.1, 0.15) is 5.75 Å². The number of phenols is 1. The van der Waals surface area contributed by atoms with Gasteiger partial charge in [-0.3, -0.25) is 0 Å². The summed E-state index contributed by atoms with van der Waals surface area (Å²) in [7, 11) is 0. The second-order valence-corrected chi connectivity index (χ2v) is 5.03. The van der Waals surface area contributed by atoms with E-state index in [4.69, 9.17) is 0 Å². The van der Waals surface area contributed by atoms with E-state index in [-0.39, 0.29) is 0 Å². The Kier molecular flexibility index (Phi) is 2.79. The van der Waals surface area contributed by atoms with Crippen LogP contribution in [0.2, 0.25) is 0 Å². The largest absolute Gasteiger partial charge is 0.508 e. The van der Waals surface area contributed by atoms with Gasteiger partial charge in [0.15, 0.2) is 0 Å². The minimum Gasteiger partial charge on any atom is -0.508 e. The molecule has 0 amide bonds. The fourth-order valence-corrected chi connectivity index (χ4v) is 2.94. The number of benzene rings is 1. The summed E-state index contributed by atoms with van der Waals surface area (Å²) in [6.07, 6.45) is 3.43. The van der Waals surface area contributed by atoms with Crippen LogP contribution in [-0.4, -0.2) is 5.11 Å². The number of phenolic OH excluding ortho intramolecular Hbond substituents is 1. The van der Waals surface area contributed by atoms with Gasteiger partial charge in [0.05, 0.1) is 0 Å². The Balaban J connectivity index is 2.69. The van der Waals surface area contributed by atoms with E-state index in [1.54, 1.807) is 0 Å². The fourth-order valence-electron chi connectivity index (χ4n) is 2.94. The van der Waals surface area contributed by atoms with Crippen LogP contribution in [0.25, 0.3) is 5.57 Å². The molecule has 2 rings (SSSR count). The normalized spacial score (nSPS) is 19.3. The molecule has 1 N–H and O–H groups in total. The van der Waals surface area contributed by atoms with Crippen molar-refractivity contribution in [3.05, 3.63) is 34.9 Å². The third-order valence-electron chi connectivity index (χ3n) is 3.74. The first-order valence-corrected chi connectivity index (χ1v) is 6.03. The Hall–Kier alpha value is -1.24. The maximum atomic E-state index is 10.1. The minimum absolute atomic E-state index is 0.463. The van der Waals surface area contributed by atoms with E-state index in [0.717, 1.165) is 17.6 Å². The molecular weight excluding hydrogens is 196 g/mol. The van der Waals surface area contributed by atoms with Crippen molar-refractivity contribution in [1.29, 1.82) is 0 Å². The number of rotatable bonds is 1. The zero-order valence-electron chi connectivity index (χ0n) is 10.4. The lowest BCUT2D eigenvalue weighted by Crippen LogP contribution is -2.10. The lowest BCUT2D eigenvalue weighted by atomic mass is 9.79. The minimum atomic E-state index is 0.463. The van der Waals surface area contributed by atoms with Gasteiger partial charge in [-0.15, -0.1) is 0 Å². The van der Waals surface area contributed by atoms with Crippen LogP contribution in [0, 0.1) is 6.92 Å². The number of hydrogen-bond acceptors (Lipinski definition) is 1. The summed E-state index contributed by atoms with van der Waals surface area (Å²) >= 11 is 0. The second-order valence-electron chi connectivity index (χ2n) is 5.03. The van der Waals surface area contributed by atoms with E-state index >= 15 is 0 Å². The molecule has 1 atom stereocenters. The molecule has 0 aliphatic heterocycles. The number of aromatic hydroxyl groups is 1. The van der Waals surface area contributed by atoms with Crippen molar-refractivity contribution in [1.82, 2.24) is 0 Å². The van der Waals surface area contributed by atoms with E-state index < -0.39 is 0 Å². The van der Waals surface area contributed by atoms with Crippen molar-refractivity contribution in [2.24, 2.45) is 0 Å². The molecule has 0 saturated heterocycles. The summed E-state index contributed by atoms with van der Waals surface area (Å²) < 4.78 is 0. The number of hydrogen-bond donors (Lipinski definition) is 1. The standard InChI is InChI=1S/C15H20O/c1-9(2)13-8-14(16)12-7-5-6-10(3)15(12)11(13)4/h8,10,16H,1,5-7H2,2-4H3/t10-/m0/s1. The maximum Gasteiger partial charge on any atom is 0.119 e. The molecule has 0 unspecified atom stereocenters. The molecule has 1 aromatic rings. The van der Waals surface area contributed by atoms with Crippen LogP contribution in [-0.2, 0) is 6.42 Å². The molecule has 0 spiro atoms. The van der Waals surface area contributed by atoms with Gasteiger partial charge in [-0.25, -0.2) is 0 Å². The predicted octanol–water partition coefficient (Wildman–Crippen LogP) is 4.17. The highest BCUT2D eigenvalue weighted by Crippen LogP contribution is 2.40. The lowest BCUT2D eigenvalue weighted by molar-refractivity contribution is 0.456. The molecule has 0 bridgehead atoms. The summed E-state index contributed by atoms with van der Waals surface area (Å²) in [5.41, 5.74) is 6.00.